The molecule has 0 saturated heterocycles. The summed E-state index contributed by atoms with van der Waals surface area (Å²) in [6.45, 7) is 4.87. The minimum atomic E-state index is -0.337. The number of nitrogens with two attached hydrogens (primary N) is 1. The van der Waals surface area contributed by atoms with E-state index in [4.69, 9.17) is 5.73 Å². The molecular formula is C12H25ClN2O. The molecule has 0 radical (unpaired) electrons. The summed E-state index contributed by atoms with van der Waals surface area (Å²) in [5.41, 5.74) is 5.84. The summed E-state index contributed by atoms with van der Waals surface area (Å²) in [5.74, 6) is 1.03. The first-order valence-corrected chi connectivity index (χ1v) is 6.03. The van der Waals surface area contributed by atoms with E-state index in [1.54, 1.807) is 0 Å². The lowest BCUT2D eigenvalue weighted by atomic mass is 10.0. The zero-order valence-electron chi connectivity index (χ0n) is 10.6. The van der Waals surface area contributed by atoms with Crippen LogP contribution in [-0.2, 0) is 4.79 Å². The highest BCUT2D eigenvalue weighted by Crippen LogP contribution is 2.25. The first kappa shape index (κ1) is 15.7. The molecule has 1 aliphatic rings. The zero-order chi connectivity index (χ0) is 11.4. The maximum atomic E-state index is 11.9. The molecular weight excluding hydrogens is 224 g/mol. The third-order valence-electron chi connectivity index (χ3n) is 3.39. The van der Waals surface area contributed by atoms with Crippen molar-refractivity contribution in [3.63, 3.8) is 0 Å². The Morgan fingerprint density at radius 1 is 1.38 bits per heavy atom. The van der Waals surface area contributed by atoms with Gasteiger partial charge in [-0.1, -0.05) is 26.7 Å². The van der Waals surface area contributed by atoms with Gasteiger partial charge >= 0.3 is 0 Å². The van der Waals surface area contributed by atoms with Crippen molar-refractivity contribution >= 4 is 18.3 Å². The lowest BCUT2D eigenvalue weighted by molar-refractivity contribution is -0.132. The van der Waals surface area contributed by atoms with Crippen LogP contribution in [0.2, 0.25) is 0 Å². The van der Waals surface area contributed by atoms with E-state index < -0.39 is 0 Å². The molecule has 0 bridgehead atoms. The van der Waals surface area contributed by atoms with Crippen LogP contribution >= 0.6 is 12.4 Å². The normalized spacial score (nSPS) is 18.3. The third-order valence-corrected chi connectivity index (χ3v) is 3.39. The molecule has 0 aromatic rings. The van der Waals surface area contributed by atoms with E-state index in [1.807, 2.05) is 25.8 Å². The number of hydrogen-bond donors (Lipinski definition) is 1. The van der Waals surface area contributed by atoms with E-state index in [0.717, 1.165) is 6.54 Å². The molecule has 0 aliphatic heterocycles. The number of likely N-dealkylation sites (N-methyl/N-ethyl adjacent to an activating group) is 1. The minimum Gasteiger partial charge on any atom is -0.344 e. The number of hydrogen-bond acceptors (Lipinski definition) is 2. The maximum absolute atomic E-state index is 11.9. The van der Waals surface area contributed by atoms with Crippen LogP contribution in [0.5, 0.6) is 0 Å². The monoisotopic (exact) mass is 248 g/mol. The molecule has 0 aromatic heterocycles. The molecule has 1 unspecified atom stereocenters. The molecule has 1 saturated carbocycles. The molecule has 1 rings (SSSR count). The van der Waals surface area contributed by atoms with Gasteiger partial charge in [-0.05, 0) is 24.7 Å². The number of rotatable bonds is 4. The SMILES string of the molecule is CC(C)C(N)C(=O)N(C)CC1CCCC1.Cl. The smallest absolute Gasteiger partial charge is 0.239 e. The van der Waals surface area contributed by atoms with Crippen LogP contribution in [0.3, 0.4) is 0 Å². The van der Waals surface area contributed by atoms with Gasteiger partial charge in [0.05, 0.1) is 6.04 Å². The Kier molecular flexibility index (Phi) is 7.00. The second-order valence-electron chi connectivity index (χ2n) is 5.14. The van der Waals surface area contributed by atoms with Crippen LogP contribution in [0.15, 0.2) is 0 Å². The molecule has 3 nitrogen and oxygen atoms in total. The van der Waals surface area contributed by atoms with Crippen LogP contribution in [-0.4, -0.2) is 30.4 Å². The molecule has 2 N–H and O–H groups in total. The number of nitrogens with zero attached hydrogens (tertiary/aromatic N) is 1. The average molecular weight is 249 g/mol. The lowest BCUT2D eigenvalue weighted by Gasteiger charge is -2.25. The number of carbonyl (C=O) groups excluding carboxylic acids is 1. The van der Waals surface area contributed by atoms with Crippen LogP contribution in [0.25, 0.3) is 0 Å². The fourth-order valence-electron chi connectivity index (χ4n) is 2.21. The molecule has 0 heterocycles. The Labute approximate surface area is 105 Å². The van der Waals surface area contributed by atoms with E-state index in [9.17, 15) is 4.79 Å². The van der Waals surface area contributed by atoms with Gasteiger partial charge in [-0.3, -0.25) is 4.79 Å². The van der Waals surface area contributed by atoms with Gasteiger partial charge in [0.25, 0.3) is 0 Å². The average Bonchev–Trinajstić information content (AvgIpc) is 2.67. The first-order valence-electron chi connectivity index (χ1n) is 6.03. The number of carbonyl (C=O) groups is 1. The van der Waals surface area contributed by atoms with Crippen molar-refractivity contribution in [3.05, 3.63) is 0 Å². The van der Waals surface area contributed by atoms with Crippen LogP contribution in [0.4, 0.5) is 0 Å². The quantitative estimate of drug-likeness (QED) is 0.828. The van der Waals surface area contributed by atoms with Crippen molar-refractivity contribution in [2.75, 3.05) is 13.6 Å². The third kappa shape index (κ3) is 4.30. The van der Waals surface area contributed by atoms with Crippen molar-refractivity contribution in [3.8, 4) is 0 Å². The van der Waals surface area contributed by atoms with Crippen LogP contribution in [0, 0.1) is 11.8 Å². The van der Waals surface area contributed by atoms with E-state index >= 15 is 0 Å². The molecule has 0 aromatic carbocycles. The standard InChI is InChI=1S/C12H24N2O.ClH/c1-9(2)11(13)12(15)14(3)8-10-6-4-5-7-10;/h9-11H,4-8,13H2,1-3H3;1H. The molecule has 4 heteroatoms. The second kappa shape index (κ2) is 7.13. The van der Waals surface area contributed by atoms with E-state index in [1.165, 1.54) is 25.7 Å². The predicted molar refractivity (Wildman–Crippen MR) is 69.7 cm³/mol. The van der Waals surface area contributed by atoms with E-state index in [0.29, 0.717) is 5.92 Å². The maximum Gasteiger partial charge on any atom is 0.239 e. The van der Waals surface area contributed by atoms with Gasteiger partial charge in [-0.15, -0.1) is 12.4 Å². The predicted octanol–water partition coefficient (Wildman–Crippen LogP) is 2.04. The van der Waals surface area contributed by atoms with Crippen molar-refractivity contribution < 1.29 is 4.79 Å². The molecule has 16 heavy (non-hydrogen) atoms. The Bertz CT molecular complexity index is 215. The molecule has 96 valence electrons. The largest absolute Gasteiger partial charge is 0.344 e. The molecule has 1 aliphatic carbocycles. The molecule has 1 atom stereocenters. The number of halogens is 1. The summed E-state index contributed by atoms with van der Waals surface area (Å²) in [5, 5.41) is 0. The molecule has 1 fully saturated rings. The van der Waals surface area contributed by atoms with Crippen molar-refractivity contribution in [1.29, 1.82) is 0 Å². The van der Waals surface area contributed by atoms with Crippen LogP contribution in [0.1, 0.15) is 39.5 Å². The fraction of sp³-hybridized carbons (Fsp3) is 0.917. The lowest BCUT2D eigenvalue weighted by Crippen LogP contribution is -2.46. The zero-order valence-corrected chi connectivity index (χ0v) is 11.4. The fourth-order valence-corrected chi connectivity index (χ4v) is 2.21. The van der Waals surface area contributed by atoms with Gasteiger partial charge < -0.3 is 10.6 Å². The highest BCUT2D eigenvalue weighted by atomic mass is 35.5. The number of amides is 1. The Balaban J connectivity index is 0.00000225. The highest BCUT2D eigenvalue weighted by molar-refractivity contribution is 5.85. The van der Waals surface area contributed by atoms with Gasteiger partial charge in [0.2, 0.25) is 5.91 Å². The summed E-state index contributed by atoms with van der Waals surface area (Å²) < 4.78 is 0. The van der Waals surface area contributed by atoms with Gasteiger partial charge in [-0.2, -0.15) is 0 Å². The summed E-state index contributed by atoms with van der Waals surface area (Å²) in [6.07, 6.45) is 5.19. The van der Waals surface area contributed by atoms with Crippen molar-refractivity contribution in [2.45, 2.75) is 45.6 Å². The second-order valence-corrected chi connectivity index (χ2v) is 5.14. The van der Waals surface area contributed by atoms with Gasteiger partial charge in [0.1, 0.15) is 0 Å². The summed E-state index contributed by atoms with van der Waals surface area (Å²) in [4.78, 5) is 13.7. The highest BCUT2D eigenvalue weighted by Gasteiger charge is 2.24. The van der Waals surface area contributed by atoms with Crippen molar-refractivity contribution in [1.82, 2.24) is 4.90 Å². The van der Waals surface area contributed by atoms with Crippen LogP contribution < -0.4 is 5.73 Å². The molecule has 1 amide bonds. The van der Waals surface area contributed by atoms with Crippen molar-refractivity contribution in [2.24, 2.45) is 17.6 Å². The Hall–Kier alpha value is -0.280. The summed E-state index contributed by atoms with van der Waals surface area (Å²) >= 11 is 0. The van der Waals surface area contributed by atoms with Gasteiger partial charge in [0.15, 0.2) is 0 Å². The van der Waals surface area contributed by atoms with Gasteiger partial charge in [-0.25, -0.2) is 0 Å². The minimum absolute atomic E-state index is 0. The Morgan fingerprint density at radius 2 is 1.88 bits per heavy atom. The Morgan fingerprint density at radius 3 is 2.31 bits per heavy atom. The summed E-state index contributed by atoms with van der Waals surface area (Å²) in [6, 6.07) is -0.337. The van der Waals surface area contributed by atoms with E-state index in [-0.39, 0.29) is 30.3 Å². The topological polar surface area (TPSA) is 46.3 Å². The molecule has 0 spiro atoms. The van der Waals surface area contributed by atoms with Gasteiger partial charge in [0, 0.05) is 13.6 Å². The van der Waals surface area contributed by atoms with E-state index in [2.05, 4.69) is 0 Å². The first-order chi connectivity index (χ1) is 7.02. The summed E-state index contributed by atoms with van der Waals surface area (Å²) in [7, 11) is 1.88.